The van der Waals surface area contributed by atoms with Crippen LogP contribution in [-0.2, 0) is 4.74 Å². The Morgan fingerprint density at radius 1 is 1.33 bits per heavy atom. The molecule has 18 heavy (non-hydrogen) atoms. The van der Waals surface area contributed by atoms with Crippen LogP contribution in [0.25, 0.3) is 0 Å². The number of hydrogen-bond donors (Lipinski definition) is 1. The Balaban J connectivity index is 1.89. The predicted octanol–water partition coefficient (Wildman–Crippen LogP) is 3.51. The molecule has 0 bridgehead atoms. The van der Waals surface area contributed by atoms with Crippen LogP contribution in [0.3, 0.4) is 0 Å². The summed E-state index contributed by atoms with van der Waals surface area (Å²) in [5, 5.41) is 0. The minimum absolute atomic E-state index is 0.178. The number of hydrogen-bond acceptors (Lipinski definition) is 2. The quantitative estimate of drug-likeness (QED) is 0.864. The lowest BCUT2D eigenvalue weighted by Gasteiger charge is -2.36. The summed E-state index contributed by atoms with van der Waals surface area (Å²) in [6.07, 6.45) is 3.96. The van der Waals surface area contributed by atoms with E-state index < -0.39 is 0 Å². The third kappa shape index (κ3) is 3.12. The molecule has 0 aromatic heterocycles. The molecule has 0 heterocycles. The van der Waals surface area contributed by atoms with Gasteiger partial charge in [0.05, 0.1) is 6.10 Å². The first-order valence-corrected chi connectivity index (χ1v) is 7.04. The minimum atomic E-state index is 0.178. The van der Waals surface area contributed by atoms with Crippen molar-refractivity contribution in [1.82, 2.24) is 0 Å². The molecule has 2 rings (SSSR count). The smallest absolute Gasteiger partial charge is 0.0580 e. The van der Waals surface area contributed by atoms with Gasteiger partial charge in [-0.05, 0) is 57.1 Å². The van der Waals surface area contributed by atoms with E-state index in [2.05, 4.69) is 39.0 Å². The van der Waals surface area contributed by atoms with Crippen molar-refractivity contribution in [3.8, 4) is 0 Å². The highest BCUT2D eigenvalue weighted by Crippen LogP contribution is 2.36. The second-order valence-corrected chi connectivity index (χ2v) is 5.62. The van der Waals surface area contributed by atoms with Crippen LogP contribution in [0.15, 0.2) is 18.2 Å². The number of benzene rings is 1. The molecule has 1 aliphatic rings. The molecule has 2 heteroatoms. The van der Waals surface area contributed by atoms with E-state index in [-0.39, 0.29) is 6.04 Å². The Morgan fingerprint density at radius 3 is 2.72 bits per heavy atom. The average molecular weight is 247 g/mol. The normalized spacial score (nSPS) is 24.7. The lowest BCUT2D eigenvalue weighted by atomic mass is 9.77. The molecular formula is C16H25NO. The van der Waals surface area contributed by atoms with Crippen LogP contribution >= 0.6 is 0 Å². The summed E-state index contributed by atoms with van der Waals surface area (Å²) in [5.41, 5.74) is 10.3. The van der Waals surface area contributed by atoms with Gasteiger partial charge in [0.15, 0.2) is 0 Å². The van der Waals surface area contributed by atoms with Crippen molar-refractivity contribution < 1.29 is 4.74 Å². The van der Waals surface area contributed by atoms with Crippen LogP contribution in [-0.4, -0.2) is 12.7 Å². The number of rotatable bonds is 5. The molecule has 1 aromatic rings. The van der Waals surface area contributed by atoms with Gasteiger partial charge in [-0.3, -0.25) is 0 Å². The first-order chi connectivity index (χ1) is 8.60. The van der Waals surface area contributed by atoms with Crippen LogP contribution in [0.4, 0.5) is 0 Å². The molecule has 2 nitrogen and oxygen atoms in total. The third-order valence-electron chi connectivity index (χ3n) is 4.02. The molecule has 100 valence electrons. The first-order valence-electron chi connectivity index (χ1n) is 7.04. The lowest BCUT2D eigenvalue weighted by Crippen LogP contribution is -2.33. The van der Waals surface area contributed by atoms with E-state index in [4.69, 9.17) is 10.5 Å². The molecule has 1 fully saturated rings. The highest BCUT2D eigenvalue weighted by molar-refractivity contribution is 5.32. The zero-order valence-electron chi connectivity index (χ0n) is 11.8. The molecule has 0 aliphatic heterocycles. The first kappa shape index (κ1) is 13.6. The van der Waals surface area contributed by atoms with Gasteiger partial charge in [0.25, 0.3) is 0 Å². The zero-order valence-corrected chi connectivity index (χ0v) is 11.8. The van der Waals surface area contributed by atoms with Crippen LogP contribution < -0.4 is 5.73 Å². The van der Waals surface area contributed by atoms with Gasteiger partial charge >= 0.3 is 0 Å². The van der Waals surface area contributed by atoms with Crippen molar-refractivity contribution in [3.63, 3.8) is 0 Å². The summed E-state index contributed by atoms with van der Waals surface area (Å²) in [4.78, 5) is 0. The fourth-order valence-electron chi connectivity index (χ4n) is 2.88. The topological polar surface area (TPSA) is 35.2 Å². The number of nitrogens with two attached hydrogens (primary N) is 1. The van der Waals surface area contributed by atoms with E-state index in [1.807, 2.05) is 0 Å². The number of ether oxygens (including phenoxy) is 1. The van der Waals surface area contributed by atoms with Gasteiger partial charge in [0, 0.05) is 12.6 Å². The second-order valence-electron chi connectivity index (χ2n) is 5.62. The highest BCUT2D eigenvalue weighted by atomic mass is 16.5. The third-order valence-corrected chi connectivity index (χ3v) is 4.02. The van der Waals surface area contributed by atoms with Crippen LogP contribution in [0.2, 0.25) is 0 Å². The molecule has 1 aromatic carbocycles. The van der Waals surface area contributed by atoms with Gasteiger partial charge in [-0.1, -0.05) is 23.8 Å². The predicted molar refractivity (Wildman–Crippen MR) is 75.6 cm³/mol. The van der Waals surface area contributed by atoms with E-state index in [1.165, 1.54) is 29.5 Å². The monoisotopic (exact) mass is 247 g/mol. The largest absolute Gasteiger partial charge is 0.378 e. The van der Waals surface area contributed by atoms with E-state index in [0.29, 0.717) is 6.10 Å². The molecule has 2 N–H and O–H groups in total. The molecule has 1 atom stereocenters. The van der Waals surface area contributed by atoms with E-state index >= 15 is 0 Å². The molecule has 1 saturated carbocycles. The molecule has 0 radical (unpaired) electrons. The van der Waals surface area contributed by atoms with E-state index in [0.717, 1.165) is 18.9 Å². The SMILES string of the molecule is CCOC1CC(CC(N)c2cc(C)ccc2C)C1. The van der Waals surface area contributed by atoms with Gasteiger partial charge in [0.2, 0.25) is 0 Å². The van der Waals surface area contributed by atoms with E-state index in [9.17, 15) is 0 Å². The van der Waals surface area contributed by atoms with Crippen molar-refractivity contribution in [1.29, 1.82) is 0 Å². The molecule has 1 unspecified atom stereocenters. The van der Waals surface area contributed by atoms with Crippen LogP contribution in [0.1, 0.15) is 48.9 Å². The van der Waals surface area contributed by atoms with Gasteiger partial charge in [-0.2, -0.15) is 0 Å². The van der Waals surface area contributed by atoms with Gasteiger partial charge in [-0.15, -0.1) is 0 Å². The molecular weight excluding hydrogens is 222 g/mol. The standard InChI is InChI=1S/C16H25NO/c1-4-18-14-8-13(9-14)10-16(17)15-7-11(2)5-6-12(15)3/h5-7,13-14,16H,4,8-10,17H2,1-3H3. The van der Waals surface area contributed by atoms with Crippen LogP contribution in [0.5, 0.6) is 0 Å². The fraction of sp³-hybridized carbons (Fsp3) is 0.625. The van der Waals surface area contributed by atoms with Crippen molar-refractivity contribution in [3.05, 3.63) is 34.9 Å². The Morgan fingerprint density at radius 2 is 2.06 bits per heavy atom. The maximum atomic E-state index is 6.35. The van der Waals surface area contributed by atoms with Crippen LogP contribution in [0, 0.1) is 19.8 Å². The second kappa shape index (κ2) is 5.85. The molecule has 0 saturated heterocycles. The summed E-state index contributed by atoms with van der Waals surface area (Å²) in [6.45, 7) is 7.18. The van der Waals surface area contributed by atoms with Gasteiger partial charge in [-0.25, -0.2) is 0 Å². The summed E-state index contributed by atoms with van der Waals surface area (Å²) in [7, 11) is 0. The van der Waals surface area contributed by atoms with Crippen molar-refractivity contribution in [2.24, 2.45) is 11.7 Å². The highest BCUT2D eigenvalue weighted by Gasteiger charge is 2.31. The van der Waals surface area contributed by atoms with Crippen molar-refractivity contribution >= 4 is 0 Å². The summed E-state index contributed by atoms with van der Waals surface area (Å²) >= 11 is 0. The van der Waals surface area contributed by atoms with Gasteiger partial charge < -0.3 is 10.5 Å². The molecule has 1 aliphatic carbocycles. The van der Waals surface area contributed by atoms with Crippen molar-refractivity contribution in [2.45, 2.75) is 52.2 Å². The number of aryl methyl sites for hydroxylation is 2. The maximum absolute atomic E-state index is 6.35. The summed E-state index contributed by atoms with van der Waals surface area (Å²) in [6, 6.07) is 6.74. The molecule has 0 amide bonds. The van der Waals surface area contributed by atoms with Crippen molar-refractivity contribution in [2.75, 3.05) is 6.61 Å². The summed E-state index contributed by atoms with van der Waals surface area (Å²) < 4.78 is 5.60. The average Bonchev–Trinajstić information content (AvgIpc) is 2.29. The van der Waals surface area contributed by atoms with Gasteiger partial charge in [0.1, 0.15) is 0 Å². The summed E-state index contributed by atoms with van der Waals surface area (Å²) in [5.74, 6) is 0.747. The lowest BCUT2D eigenvalue weighted by molar-refractivity contribution is -0.0282. The minimum Gasteiger partial charge on any atom is -0.378 e. The Hall–Kier alpha value is -0.860. The maximum Gasteiger partial charge on any atom is 0.0580 e. The Labute approximate surface area is 111 Å². The fourth-order valence-corrected chi connectivity index (χ4v) is 2.88. The zero-order chi connectivity index (χ0) is 13.1. The molecule has 0 spiro atoms. The Bertz CT molecular complexity index is 396. The van der Waals surface area contributed by atoms with E-state index in [1.54, 1.807) is 0 Å². The Kier molecular flexibility index (Phi) is 4.41.